The number of aromatic nitrogens is 1. The summed E-state index contributed by atoms with van der Waals surface area (Å²) in [7, 11) is 0. The highest BCUT2D eigenvalue weighted by Crippen LogP contribution is 2.28. The standard InChI is InChI=1S/C21H21N3/c22-15-19-8-2-3-9-20(19)17-24-21(11-4-1-5-12-21)13-10-18-7-6-14-23-16-18/h2-3,6-9,14,16,24H,1,4-5,11-12,17H2. The van der Waals surface area contributed by atoms with E-state index in [1.54, 1.807) is 12.4 Å². The minimum Gasteiger partial charge on any atom is -0.297 e. The van der Waals surface area contributed by atoms with E-state index >= 15 is 0 Å². The van der Waals surface area contributed by atoms with Crippen molar-refractivity contribution in [2.45, 2.75) is 44.2 Å². The molecular formula is C21H21N3. The van der Waals surface area contributed by atoms with Crippen molar-refractivity contribution in [1.29, 1.82) is 5.26 Å². The zero-order valence-electron chi connectivity index (χ0n) is 13.8. The first-order chi connectivity index (χ1) is 11.8. The van der Waals surface area contributed by atoms with Crippen LogP contribution in [0.3, 0.4) is 0 Å². The summed E-state index contributed by atoms with van der Waals surface area (Å²) >= 11 is 0. The average molecular weight is 315 g/mol. The SMILES string of the molecule is N#Cc1ccccc1CNC1(C#Cc2cccnc2)CCCCC1. The van der Waals surface area contributed by atoms with Crippen LogP contribution < -0.4 is 5.32 Å². The lowest BCUT2D eigenvalue weighted by molar-refractivity contribution is 0.299. The van der Waals surface area contributed by atoms with E-state index in [2.05, 4.69) is 28.2 Å². The van der Waals surface area contributed by atoms with Gasteiger partial charge in [-0.3, -0.25) is 10.3 Å². The Hall–Kier alpha value is -2.62. The molecule has 2 aromatic rings. The van der Waals surface area contributed by atoms with Crippen molar-refractivity contribution >= 4 is 0 Å². The van der Waals surface area contributed by atoms with Crippen LogP contribution in [0.15, 0.2) is 48.8 Å². The molecule has 1 heterocycles. The summed E-state index contributed by atoms with van der Waals surface area (Å²) < 4.78 is 0. The van der Waals surface area contributed by atoms with Crippen LogP contribution >= 0.6 is 0 Å². The maximum atomic E-state index is 9.26. The van der Waals surface area contributed by atoms with Gasteiger partial charge in [-0.2, -0.15) is 5.26 Å². The van der Waals surface area contributed by atoms with E-state index in [4.69, 9.17) is 0 Å². The molecule has 3 nitrogen and oxygen atoms in total. The van der Waals surface area contributed by atoms with Crippen molar-refractivity contribution in [3.63, 3.8) is 0 Å². The van der Waals surface area contributed by atoms with Gasteiger partial charge in [0.1, 0.15) is 0 Å². The van der Waals surface area contributed by atoms with Gasteiger partial charge in [-0.05, 0) is 36.6 Å². The first-order valence-corrected chi connectivity index (χ1v) is 8.48. The normalized spacial score (nSPS) is 15.8. The molecule has 1 aromatic heterocycles. The number of hydrogen-bond donors (Lipinski definition) is 1. The summed E-state index contributed by atoms with van der Waals surface area (Å²) in [4.78, 5) is 4.13. The second kappa shape index (κ2) is 7.77. The number of pyridine rings is 1. The van der Waals surface area contributed by atoms with Gasteiger partial charge in [0.2, 0.25) is 0 Å². The molecule has 24 heavy (non-hydrogen) atoms. The zero-order chi connectivity index (χ0) is 16.7. The molecule has 0 amide bonds. The molecule has 1 N–H and O–H groups in total. The fourth-order valence-electron chi connectivity index (χ4n) is 3.18. The predicted molar refractivity (Wildman–Crippen MR) is 94.9 cm³/mol. The summed E-state index contributed by atoms with van der Waals surface area (Å²) in [6.45, 7) is 0.672. The third kappa shape index (κ3) is 4.02. The Bertz CT molecular complexity index is 772. The van der Waals surface area contributed by atoms with E-state index in [0.717, 1.165) is 29.5 Å². The van der Waals surface area contributed by atoms with E-state index in [-0.39, 0.29) is 5.54 Å². The van der Waals surface area contributed by atoms with Crippen molar-refractivity contribution in [2.24, 2.45) is 0 Å². The molecule has 3 heteroatoms. The maximum Gasteiger partial charge on any atom is 0.0995 e. The van der Waals surface area contributed by atoms with Crippen LogP contribution in [0.2, 0.25) is 0 Å². The molecule has 1 aromatic carbocycles. The first-order valence-electron chi connectivity index (χ1n) is 8.48. The smallest absolute Gasteiger partial charge is 0.0995 e. The number of hydrogen-bond acceptors (Lipinski definition) is 3. The van der Waals surface area contributed by atoms with Crippen LogP contribution in [0.5, 0.6) is 0 Å². The van der Waals surface area contributed by atoms with Crippen LogP contribution in [0, 0.1) is 23.2 Å². The van der Waals surface area contributed by atoms with Gasteiger partial charge in [-0.25, -0.2) is 0 Å². The van der Waals surface area contributed by atoms with Gasteiger partial charge in [-0.1, -0.05) is 49.3 Å². The Morgan fingerprint density at radius 2 is 1.92 bits per heavy atom. The fraction of sp³-hybridized carbons (Fsp3) is 0.333. The van der Waals surface area contributed by atoms with E-state index in [1.165, 1.54) is 19.3 Å². The van der Waals surface area contributed by atoms with Crippen molar-refractivity contribution in [3.05, 3.63) is 65.5 Å². The minimum absolute atomic E-state index is 0.170. The van der Waals surface area contributed by atoms with Crippen molar-refractivity contribution < 1.29 is 0 Å². The summed E-state index contributed by atoms with van der Waals surface area (Å²) in [6, 6.07) is 13.9. The lowest BCUT2D eigenvalue weighted by atomic mass is 9.81. The molecule has 0 bridgehead atoms. The summed E-state index contributed by atoms with van der Waals surface area (Å²) in [5.41, 5.74) is 2.54. The van der Waals surface area contributed by atoms with E-state index in [1.807, 2.05) is 36.4 Å². The Balaban J connectivity index is 1.79. The second-order valence-corrected chi connectivity index (χ2v) is 6.26. The summed E-state index contributed by atoms with van der Waals surface area (Å²) in [5, 5.41) is 12.9. The lowest BCUT2D eigenvalue weighted by Gasteiger charge is -2.34. The van der Waals surface area contributed by atoms with Gasteiger partial charge in [0.05, 0.1) is 17.2 Å². The Morgan fingerprint density at radius 1 is 1.08 bits per heavy atom. The van der Waals surface area contributed by atoms with Crippen LogP contribution in [0.25, 0.3) is 0 Å². The van der Waals surface area contributed by atoms with Crippen molar-refractivity contribution in [2.75, 3.05) is 0 Å². The molecule has 3 rings (SSSR count). The minimum atomic E-state index is -0.170. The Kier molecular flexibility index (Phi) is 5.26. The van der Waals surface area contributed by atoms with Gasteiger partial charge in [-0.15, -0.1) is 0 Å². The highest BCUT2D eigenvalue weighted by molar-refractivity contribution is 5.38. The van der Waals surface area contributed by atoms with Gasteiger partial charge in [0.15, 0.2) is 0 Å². The zero-order valence-corrected chi connectivity index (χ0v) is 13.8. The van der Waals surface area contributed by atoms with E-state index in [0.29, 0.717) is 6.54 Å². The third-order valence-electron chi connectivity index (χ3n) is 4.57. The molecule has 1 fully saturated rings. The Morgan fingerprint density at radius 3 is 2.67 bits per heavy atom. The molecule has 1 saturated carbocycles. The molecule has 0 atom stereocenters. The lowest BCUT2D eigenvalue weighted by Crippen LogP contribution is -2.45. The molecule has 0 unspecified atom stereocenters. The average Bonchev–Trinajstić information content (AvgIpc) is 2.67. The Labute approximate surface area is 143 Å². The monoisotopic (exact) mass is 315 g/mol. The molecule has 0 saturated heterocycles. The highest BCUT2D eigenvalue weighted by atomic mass is 15.0. The van der Waals surface area contributed by atoms with Gasteiger partial charge < -0.3 is 0 Å². The maximum absolute atomic E-state index is 9.26. The first kappa shape index (κ1) is 16.2. The summed E-state index contributed by atoms with van der Waals surface area (Å²) in [6.07, 6.45) is 9.31. The topological polar surface area (TPSA) is 48.7 Å². The highest BCUT2D eigenvalue weighted by Gasteiger charge is 2.29. The van der Waals surface area contributed by atoms with Crippen molar-refractivity contribution in [1.82, 2.24) is 10.3 Å². The molecule has 0 spiro atoms. The second-order valence-electron chi connectivity index (χ2n) is 6.26. The van der Waals surface area contributed by atoms with Crippen LogP contribution in [-0.4, -0.2) is 10.5 Å². The quantitative estimate of drug-likeness (QED) is 0.877. The number of nitrogens with zero attached hydrogens (tertiary/aromatic N) is 2. The van der Waals surface area contributed by atoms with Gasteiger partial charge >= 0.3 is 0 Å². The van der Waals surface area contributed by atoms with Crippen LogP contribution in [-0.2, 0) is 6.54 Å². The number of nitriles is 1. The fourth-order valence-corrected chi connectivity index (χ4v) is 3.18. The predicted octanol–water partition coefficient (Wildman–Crippen LogP) is 3.80. The summed E-state index contributed by atoms with van der Waals surface area (Å²) in [5.74, 6) is 6.76. The van der Waals surface area contributed by atoms with Crippen LogP contribution in [0.1, 0.15) is 48.8 Å². The van der Waals surface area contributed by atoms with Crippen LogP contribution in [0.4, 0.5) is 0 Å². The van der Waals surface area contributed by atoms with Gasteiger partial charge in [0, 0.05) is 24.5 Å². The van der Waals surface area contributed by atoms with Gasteiger partial charge in [0.25, 0.3) is 0 Å². The molecule has 0 radical (unpaired) electrons. The molecule has 1 aliphatic carbocycles. The number of rotatable bonds is 3. The molecule has 120 valence electrons. The third-order valence-corrected chi connectivity index (χ3v) is 4.57. The van der Waals surface area contributed by atoms with E-state index < -0.39 is 0 Å². The molecule has 1 aliphatic rings. The number of benzene rings is 1. The largest absolute Gasteiger partial charge is 0.297 e. The van der Waals surface area contributed by atoms with E-state index in [9.17, 15) is 5.26 Å². The van der Waals surface area contributed by atoms with Crippen molar-refractivity contribution in [3.8, 4) is 17.9 Å². The molecule has 0 aliphatic heterocycles. The molecular weight excluding hydrogens is 294 g/mol. The number of nitrogens with one attached hydrogen (secondary N) is 1.